The molecule has 1 fully saturated rings. The molecule has 1 aliphatic rings. The van der Waals surface area contributed by atoms with E-state index in [4.69, 9.17) is 0 Å². The molecule has 1 aromatic rings. The van der Waals surface area contributed by atoms with E-state index in [0.717, 1.165) is 13.1 Å². The predicted octanol–water partition coefficient (Wildman–Crippen LogP) is 1.62. The molecule has 2 N–H and O–H groups in total. The van der Waals surface area contributed by atoms with E-state index in [2.05, 4.69) is 48.7 Å². The summed E-state index contributed by atoms with van der Waals surface area (Å²) in [6.45, 7) is 6.51. The summed E-state index contributed by atoms with van der Waals surface area (Å²) in [7, 11) is 0. The highest BCUT2D eigenvalue weighted by atomic mass is 15.1. The number of piperazine rings is 1. The van der Waals surface area contributed by atoms with Gasteiger partial charge in [-0.15, -0.1) is 0 Å². The first kappa shape index (κ1) is 9.69. The summed E-state index contributed by atoms with van der Waals surface area (Å²) in [6, 6.07) is 9.72. The SMILES string of the molecule is Cc1cccc(C2NCCNC2C)c1. The molecule has 2 nitrogen and oxygen atoms in total. The second kappa shape index (κ2) is 4.11. The van der Waals surface area contributed by atoms with Crippen LogP contribution in [0.4, 0.5) is 0 Å². The fourth-order valence-electron chi connectivity index (χ4n) is 2.09. The fraction of sp³-hybridized carbons (Fsp3) is 0.500. The van der Waals surface area contributed by atoms with Crippen molar-refractivity contribution in [3.63, 3.8) is 0 Å². The smallest absolute Gasteiger partial charge is 0.0473 e. The van der Waals surface area contributed by atoms with E-state index in [1.54, 1.807) is 0 Å². The van der Waals surface area contributed by atoms with E-state index in [9.17, 15) is 0 Å². The quantitative estimate of drug-likeness (QED) is 0.703. The first-order valence-electron chi connectivity index (χ1n) is 5.31. The maximum absolute atomic E-state index is 3.55. The van der Waals surface area contributed by atoms with Gasteiger partial charge in [-0.05, 0) is 19.4 Å². The minimum Gasteiger partial charge on any atom is -0.311 e. The van der Waals surface area contributed by atoms with Crippen molar-refractivity contribution in [3.05, 3.63) is 35.4 Å². The molecule has 2 atom stereocenters. The monoisotopic (exact) mass is 190 g/mol. The minimum absolute atomic E-state index is 0.462. The zero-order valence-electron chi connectivity index (χ0n) is 8.88. The number of hydrogen-bond donors (Lipinski definition) is 2. The molecule has 14 heavy (non-hydrogen) atoms. The van der Waals surface area contributed by atoms with E-state index in [1.807, 2.05) is 0 Å². The summed E-state index contributed by atoms with van der Waals surface area (Å²) in [4.78, 5) is 0. The van der Waals surface area contributed by atoms with Gasteiger partial charge in [-0.3, -0.25) is 0 Å². The van der Waals surface area contributed by atoms with Crippen molar-refractivity contribution in [3.8, 4) is 0 Å². The zero-order chi connectivity index (χ0) is 9.97. The number of rotatable bonds is 1. The van der Waals surface area contributed by atoms with Gasteiger partial charge in [0.1, 0.15) is 0 Å². The highest BCUT2D eigenvalue weighted by molar-refractivity contribution is 5.26. The van der Waals surface area contributed by atoms with Gasteiger partial charge >= 0.3 is 0 Å². The topological polar surface area (TPSA) is 24.1 Å². The molecule has 2 heteroatoms. The summed E-state index contributed by atoms with van der Waals surface area (Å²) in [5.74, 6) is 0. The number of aryl methyl sites for hydroxylation is 1. The Morgan fingerprint density at radius 3 is 2.71 bits per heavy atom. The van der Waals surface area contributed by atoms with Gasteiger partial charge < -0.3 is 10.6 Å². The van der Waals surface area contributed by atoms with Crippen LogP contribution < -0.4 is 10.6 Å². The van der Waals surface area contributed by atoms with Crippen LogP contribution in [-0.4, -0.2) is 19.1 Å². The largest absolute Gasteiger partial charge is 0.311 e. The zero-order valence-corrected chi connectivity index (χ0v) is 8.88. The van der Waals surface area contributed by atoms with Gasteiger partial charge in [-0.2, -0.15) is 0 Å². The van der Waals surface area contributed by atoms with Gasteiger partial charge in [0.05, 0.1) is 0 Å². The molecule has 0 aliphatic carbocycles. The second-order valence-corrected chi connectivity index (χ2v) is 4.09. The molecule has 0 saturated carbocycles. The van der Waals surface area contributed by atoms with Crippen LogP contribution in [0.2, 0.25) is 0 Å². The lowest BCUT2D eigenvalue weighted by molar-refractivity contribution is 0.345. The van der Waals surface area contributed by atoms with Gasteiger partial charge in [0.25, 0.3) is 0 Å². The third-order valence-corrected chi connectivity index (χ3v) is 2.86. The third kappa shape index (κ3) is 1.97. The molecule has 0 amide bonds. The van der Waals surface area contributed by atoms with Gasteiger partial charge in [0.15, 0.2) is 0 Å². The van der Waals surface area contributed by atoms with E-state index in [1.165, 1.54) is 11.1 Å². The van der Waals surface area contributed by atoms with Crippen LogP contribution in [0.1, 0.15) is 24.1 Å². The van der Waals surface area contributed by atoms with Crippen LogP contribution >= 0.6 is 0 Å². The lowest BCUT2D eigenvalue weighted by Gasteiger charge is -2.31. The van der Waals surface area contributed by atoms with Crippen molar-refractivity contribution in [2.75, 3.05) is 13.1 Å². The second-order valence-electron chi connectivity index (χ2n) is 4.09. The fourth-order valence-corrected chi connectivity index (χ4v) is 2.09. The van der Waals surface area contributed by atoms with Crippen LogP contribution in [0.5, 0.6) is 0 Å². The van der Waals surface area contributed by atoms with E-state index >= 15 is 0 Å². The van der Waals surface area contributed by atoms with E-state index in [-0.39, 0.29) is 0 Å². The molecule has 1 saturated heterocycles. The van der Waals surface area contributed by atoms with Gasteiger partial charge in [0, 0.05) is 25.2 Å². The van der Waals surface area contributed by atoms with Crippen LogP contribution in [0.25, 0.3) is 0 Å². The number of hydrogen-bond acceptors (Lipinski definition) is 2. The Morgan fingerprint density at radius 2 is 2.00 bits per heavy atom. The third-order valence-electron chi connectivity index (χ3n) is 2.86. The maximum atomic E-state index is 3.55. The molecule has 0 spiro atoms. The lowest BCUT2D eigenvalue weighted by Crippen LogP contribution is -2.48. The summed E-state index contributed by atoms with van der Waals surface area (Å²) in [5.41, 5.74) is 2.73. The van der Waals surface area contributed by atoms with Crippen molar-refractivity contribution in [2.24, 2.45) is 0 Å². The van der Waals surface area contributed by atoms with E-state index < -0.39 is 0 Å². The first-order valence-corrected chi connectivity index (χ1v) is 5.31. The van der Waals surface area contributed by atoms with E-state index in [0.29, 0.717) is 12.1 Å². The molecule has 0 radical (unpaired) electrons. The van der Waals surface area contributed by atoms with Crippen molar-refractivity contribution in [1.82, 2.24) is 10.6 Å². The first-order chi connectivity index (χ1) is 6.77. The lowest BCUT2D eigenvalue weighted by atomic mass is 9.97. The number of nitrogens with one attached hydrogen (secondary N) is 2. The predicted molar refractivity (Wildman–Crippen MR) is 59.4 cm³/mol. The van der Waals surface area contributed by atoms with Gasteiger partial charge in [0.2, 0.25) is 0 Å². The summed E-state index contributed by atoms with van der Waals surface area (Å²) < 4.78 is 0. The van der Waals surface area contributed by atoms with Crippen LogP contribution in [-0.2, 0) is 0 Å². The molecular weight excluding hydrogens is 172 g/mol. The Bertz CT molecular complexity index is 309. The summed E-state index contributed by atoms with van der Waals surface area (Å²) in [6.07, 6.45) is 0. The molecule has 0 bridgehead atoms. The normalized spacial score (nSPS) is 27.6. The number of benzene rings is 1. The molecule has 1 aromatic carbocycles. The molecule has 1 aliphatic heterocycles. The highest BCUT2D eigenvalue weighted by Crippen LogP contribution is 2.19. The summed E-state index contributed by atoms with van der Waals surface area (Å²) >= 11 is 0. The van der Waals surface area contributed by atoms with Crippen LogP contribution in [0.3, 0.4) is 0 Å². The van der Waals surface area contributed by atoms with Crippen LogP contribution in [0, 0.1) is 6.92 Å². The van der Waals surface area contributed by atoms with Crippen LogP contribution in [0.15, 0.2) is 24.3 Å². The van der Waals surface area contributed by atoms with Crippen molar-refractivity contribution < 1.29 is 0 Å². The molecule has 2 rings (SSSR count). The average molecular weight is 190 g/mol. The Morgan fingerprint density at radius 1 is 1.21 bits per heavy atom. The standard InChI is InChI=1S/C12H18N2/c1-9-4-3-5-11(8-9)12-10(2)13-6-7-14-12/h3-5,8,10,12-14H,6-7H2,1-2H3. The molecule has 2 unspecified atom stereocenters. The Hall–Kier alpha value is -0.860. The van der Waals surface area contributed by atoms with Crippen molar-refractivity contribution >= 4 is 0 Å². The Balaban J connectivity index is 2.20. The highest BCUT2D eigenvalue weighted by Gasteiger charge is 2.21. The maximum Gasteiger partial charge on any atom is 0.0473 e. The van der Waals surface area contributed by atoms with Crippen molar-refractivity contribution in [1.29, 1.82) is 0 Å². The summed E-state index contributed by atoms with van der Waals surface area (Å²) in [5, 5.41) is 7.04. The molecular formula is C12H18N2. The minimum atomic E-state index is 0.462. The van der Waals surface area contributed by atoms with Gasteiger partial charge in [-0.25, -0.2) is 0 Å². The van der Waals surface area contributed by atoms with Gasteiger partial charge in [-0.1, -0.05) is 29.8 Å². The Kier molecular flexibility index (Phi) is 2.85. The molecule has 76 valence electrons. The average Bonchev–Trinajstić information content (AvgIpc) is 2.18. The van der Waals surface area contributed by atoms with Crippen molar-refractivity contribution in [2.45, 2.75) is 25.9 Å². The molecule has 0 aromatic heterocycles. The molecule has 1 heterocycles. The Labute approximate surface area is 85.7 Å².